The lowest BCUT2D eigenvalue weighted by atomic mass is 10.1. The molecule has 0 aliphatic heterocycles. The average molecular weight is 334 g/mol. The monoisotopic (exact) mass is 333 g/mol. The van der Waals surface area contributed by atoms with E-state index in [1.807, 2.05) is 25.1 Å². The van der Waals surface area contributed by atoms with Gasteiger partial charge in [0.1, 0.15) is 0 Å². The van der Waals surface area contributed by atoms with Crippen molar-refractivity contribution < 1.29 is 9.72 Å². The summed E-state index contributed by atoms with van der Waals surface area (Å²) in [5, 5.41) is 17.0. The van der Waals surface area contributed by atoms with Crippen molar-refractivity contribution in [1.82, 2.24) is 5.32 Å². The first-order valence-electron chi connectivity index (χ1n) is 6.99. The van der Waals surface area contributed by atoms with Crippen LogP contribution in [0.2, 0.25) is 5.02 Å². The van der Waals surface area contributed by atoms with E-state index in [-0.39, 0.29) is 24.2 Å². The van der Waals surface area contributed by atoms with Crippen molar-refractivity contribution in [3.63, 3.8) is 0 Å². The molecule has 2 aromatic carbocycles. The van der Waals surface area contributed by atoms with Crippen LogP contribution in [0.15, 0.2) is 48.5 Å². The molecule has 120 valence electrons. The fourth-order valence-electron chi connectivity index (χ4n) is 2.11. The molecule has 2 aromatic rings. The second-order valence-electron chi connectivity index (χ2n) is 4.97. The minimum atomic E-state index is -0.481. The molecule has 0 bridgehead atoms. The molecule has 2 rings (SSSR count). The quantitative estimate of drug-likeness (QED) is 0.625. The first-order valence-corrected chi connectivity index (χ1v) is 7.37. The Kier molecular flexibility index (Phi) is 5.54. The Morgan fingerprint density at radius 2 is 2.00 bits per heavy atom. The molecule has 0 aliphatic carbocycles. The zero-order valence-electron chi connectivity index (χ0n) is 12.5. The zero-order chi connectivity index (χ0) is 16.8. The molecule has 6 nitrogen and oxygen atoms in total. The summed E-state index contributed by atoms with van der Waals surface area (Å²) < 4.78 is 0. The lowest BCUT2D eigenvalue weighted by molar-refractivity contribution is -0.384. The van der Waals surface area contributed by atoms with E-state index in [1.54, 1.807) is 18.2 Å². The maximum atomic E-state index is 12.0. The van der Waals surface area contributed by atoms with Gasteiger partial charge in [0.25, 0.3) is 5.69 Å². The number of nitro benzene ring substituents is 1. The van der Waals surface area contributed by atoms with Crippen LogP contribution in [-0.2, 0) is 4.79 Å². The number of amides is 1. The van der Waals surface area contributed by atoms with Crippen molar-refractivity contribution in [2.45, 2.75) is 13.0 Å². The van der Waals surface area contributed by atoms with E-state index in [4.69, 9.17) is 11.6 Å². The molecule has 1 amide bonds. The Labute approximate surface area is 138 Å². The van der Waals surface area contributed by atoms with E-state index in [9.17, 15) is 14.9 Å². The minimum Gasteiger partial charge on any atom is -0.376 e. The number of hydrogen-bond acceptors (Lipinski definition) is 4. The first kappa shape index (κ1) is 16.8. The standard InChI is InChI=1S/C16H16ClN3O3/c1-11(14-7-2-3-8-15(14)17)19-16(21)10-18-12-5-4-6-13(9-12)20(22)23/h2-9,11,18H,10H2,1H3,(H,19,21)/t11-/m0/s1. The van der Waals surface area contributed by atoms with Crippen molar-refractivity contribution in [2.75, 3.05) is 11.9 Å². The summed E-state index contributed by atoms with van der Waals surface area (Å²) in [5.41, 5.74) is 1.32. The van der Waals surface area contributed by atoms with Gasteiger partial charge in [-0.3, -0.25) is 14.9 Å². The van der Waals surface area contributed by atoms with Crippen LogP contribution in [0.3, 0.4) is 0 Å². The van der Waals surface area contributed by atoms with E-state index < -0.39 is 4.92 Å². The number of nitrogens with one attached hydrogen (secondary N) is 2. The smallest absolute Gasteiger partial charge is 0.271 e. The number of hydrogen-bond donors (Lipinski definition) is 2. The lowest BCUT2D eigenvalue weighted by Crippen LogP contribution is -2.32. The summed E-state index contributed by atoms with van der Waals surface area (Å²) in [6.45, 7) is 1.85. The second kappa shape index (κ2) is 7.60. The van der Waals surface area contributed by atoms with Gasteiger partial charge in [-0.1, -0.05) is 35.9 Å². The summed E-state index contributed by atoms with van der Waals surface area (Å²) in [7, 11) is 0. The third-order valence-corrected chi connectivity index (χ3v) is 3.60. The molecule has 23 heavy (non-hydrogen) atoms. The van der Waals surface area contributed by atoms with Crippen LogP contribution >= 0.6 is 11.6 Å². The molecule has 0 aliphatic rings. The molecule has 0 heterocycles. The topological polar surface area (TPSA) is 84.3 Å². The SMILES string of the molecule is C[C@H](NC(=O)CNc1cccc([N+](=O)[O-])c1)c1ccccc1Cl. The highest BCUT2D eigenvalue weighted by atomic mass is 35.5. The van der Waals surface area contributed by atoms with E-state index in [2.05, 4.69) is 10.6 Å². The third-order valence-electron chi connectivity index (χ3n) is 3.26. The number of benzene rings is 2. The van der Waals surface area contributed by atoms with Gasteiger partial charge in [-0.15, -0.1) is 0 Å². The summed E-state index contributed by atoms with van der Waals surface area (Å²) in [4.78, 5) is 22.2. The van der Waals surface area contributed by atoms with Crippen LogP contribution in [0, 0.1) is 10.1 Å². The van der Waals surface area contributed by atoms with E-state index in [0.29, 0.717) is 10.7 Å². The molecule has 0 fully saturated rings. The fourth-order valence-corrected chi connectivity index (χ4v) is 2.41. The van der Waals surface area contributed by atoms with Crippen molar-refractivity contribution in [3.05, 3.63) is 69.2 Å². The van der Waals surface area contributed by atoms with Crippen LogP contribution < -0.4 is 10.6 Å². The van der Waals surface area contributed by atoms with Gasteiger partial charge in [0.2, 0.25) is 5.91 Å². The van der Waals surface area contributed by atoms with Crippen LogP contribution in [-0.4, -0.2) is 17.4 Å². The molecule has 0 saturated carbocycles. The molecule has 0 aromatic heterocycles. The van der Waals surface area contributed by atoms with Gasteiger partial charge in [-0.2, -0.15) is 0 Å². The van der Waals surface area contributed by atoms with Gasteiger partial charge in [0.05, 0.1) is 17.5 Å². The summed E-state index contributed by atoms with van der Waals surface area (Å²) in [6.07, 6.45) is 0. The highest BCUT2D eigenvalue weighted by Crippen LogP contribution is 2.22. The maximum Gasteiger partial charge on any atom is 0.271 e. The van der Waals surface area contributed by atoms with Gasteiger partial charge >= 0.3 is 0 Å². The number of halogens is 1. The zero-order valence-corrected chi connectivity index (χ0v) is 13.2. The van der Waals surface area contributed by atoms with Crippen molar-refractivity contribution in [3.8, 4) is 0 Å². The van der Waals surface area contributed by atoms with Gasteiger partial charge in [-0.25, -0.2) is 0 Å². The number of nitro groups is 1. The van der Waals surface area contributed by atoms with E-state index in [0.717, 1.165) is 5.56 Å². The van der Waals surface area contributed by atoms with Crippen LogP contribution in [0.4, 0.5) is 11.4 Å². The van der Waals surface area contributed by atoms with E-state index >= 15 is 0 Å². The Morgan fingerprint density at radius 1 is 1.26 bits per heavy atom. The molecule has 0 spiro atoms. The summed E-state index contributed by atoms with van der Waals surface area (Å²) in [6, 6.07) is 13.1. The Morgan fingerprint density at radius 3 is 2.70 bits per heavy atom. The second-order valence-corrected chi connectivity index (χ2v) is 5.38. The van der Waals surface area contributed by atoms with Gasteiger partial charge in [0, 0.05) is 22.8 Å². The van der Waals surface area contributed by atoms with E-state index in [1.165, 1.54) is 12.1 Å². The van der Waals surface area contributed by atoms with Crippen LogP contribution in [0.5, 0.6) is 0 Å². The molecule has 1 atom stereocenters. The number of rotatable bonds is 6. The highest BCUT2D eigenvalue weighted by Gasteiger charge is 2.12. The molecule has 7 heteroatoms. The predicted molar refractivity (Wildman–Crippen MR) is 89.6 cm³/mol. The number of nitrogens with zero attached hydrogens (tertiary/aromatic N) is 1. The molecule has 0 radical (unpaired) electrons. The van der Waals surface area contributed by atoms with Crippen molar-refractivity contribution >= 4 is 28.9 Å². The number of anilines is 1. The Hall–Kier alpha value is -2.60. The molecule has 0 saturated heterocycles. The Bertz CT molecular complexity index is 721. The Balaban J connectivity index is 1.91. The van der Waals surface area contributed by atoms with Crippen molar-refractivity contribution in [2.24, 2.45) is 0 Å². The number of carbonyl (C=O) groups excluding carboxylic acids is 1. The fraction of sp³-hybridized carbons (Fsp3) is 0.188. The van der Waals surface area contributed by atoms with Gasteiger partial charge in [0.15, 0.2) is 0 Å². The van der Waals surface area contributed by atoms with Crippen LogP contribution in [0.1, 0.15) is 18.5 Å². The minimum absolute atomic E-state index is 0.00988. The summed E-state index contributed by atoms with van der Waals surface area (Å²) >= 11 is 6.09. The molecular weight excluding hydrogens is 318 g/mol. The molecule has 0 unspecified atom stereocenters. The van der Waals surface area contributed by atoms with Gasteiger partial charge < -0.3 is 10.6 Å². The normalized spacial score (nSPS) is 11.6. The summed E-state index contributed by atoms with van der Waals surface area (Å²) in [5.74, 6) is -0.232. The van der Waals surface area contributed by atoms with Crippen LogP contribution in [0.25, 0.3) is 0 Å². The first-order chi connectivity index (χ1) is 11.0. The number of non-ortho nitro benzene ring substituents is 1. The molecule has 2 N–H and O–H groups in total. The maximum absolute atomic E-state index is 12.0. The largest absolute Gasteiger partial charge is 0.376 e. The lowest BCUT2D eigenvalue weighted by Gasteiger charge is -2.16. The molecular formula is C16H16ClN3O3. The predicted octanol–water partition coefficient (Wildman–Crippen LogP) is 3.54. The number of carbonyl (C=O) groups is 1. The van der Waals surface area contributed by atoms with Gasteiger partial charge in [-0.05, 0) is 24.6 Å². The van der Waals surface area contributed by atoms with Crippen molar-refractivity contribution in [1.29, 1.82) is 0 Å². The average Bonchev–Trinajstić information content (AvgIpc) is 2.53. The third kappa shape index (κ3) is 4.69. The highest BCUT2D eigenvalue weighted by molar-refractivity contribution is 6.31.